The topological polar surface area (TPSA) is 77.8 Å². The summed E-state index contributed by atoms with van der Waals surface area (Å²) < 4.78 is 0. The van der Waals surface area contributed by atoms with Crippen LogP contribution in [0.3, 0.4) is 0 Å². The maximum absolute atomic E-state index is 11.8. The van der Waals surface area contributed by atoms with Gasteiger partial charge in [-0.2, -0.15) is 0 Å². The quantitative estimate of drug-likeness (QED) is 0.767. The molecule has 2 N–H and O–H groups in total. The Balaban J connectivity index is 2.74. The van der Waals surface area contributed by atoms with Crippen molar-refractivity contribution in [3.8, 4) is 0 Å². The molecule has 1 amide bonds. The molecular formula is C11H13NO4S. The van der Waals surface area contributed by atoms with Gasteiger partial charge >= 0.3 is 5.97 Å². The molecule has 5 nitrogen and oxygen atoms in total. The lowest BCUT2D eigenvalue weighted by Gasteiger charge is -2.13. The van der Waals surface area contributed by atoms with E-state index in [1.165, 1.54) is 22.3 Å². The highest BCUT2D eigenvalue weighted by Crippen LogP contribution is 2.19. The lowest BCUT2D eigenvalue weighted by molar-refractivity contribution is -0.131. The van der Waals surface area contributed by atoms with Gasteiger partial charge in [0.2, 0.25) is 0 Å². The van der Waals surface area contributed by atoms with Gasteiger partial charge in [0.25, 0.3) is 5.91 Å². The Bertz CT molecular complexity index is 438. The number of aliphatic carboxylic acids is 1. The normalized spacial score (nSPS) is 10.7. The Morgan fingerprint density at radius 3 is 2.76 bits per heavy atom. The van der Waals surface area contributed by atoms with Gasteiger partial charge < -0.3 is 15.1 Å². The Morgan fingerprint density at radius 1 is 1.47 bits per heavy atom. The summed E-state index contributed by atoms with van der Waals surface area (Å²) in [6.45, 7) is 0.191. The molecule has 1 rings (SSSR count). The highest BCUT2D eigenvalue weighted by molar-refractivity contribution is 7.14. The lowest BCUT2D eigenvalue weighted by Crippen LogP contribution is -2.28. The molecular weight excluding hydrogens is 242 g/mol. The summed E-state index contributed by atoms with van der Waals surface area (Å²) >= 11 is 1.21. The number of hydrogen-bond donors (Lipinski definition) is 2. The van der Waals surface area contributed by atoms with Crippen LogP contribution in [-0.4, -0.2) is 47.2 Å². The van der Waals surface area contributed by atoms with Crippen molar-refractivity contribution in [3.05, 3.63) is 28.0 Å². The van der Waals surface area contributed by atoms with E-state index in [9.17, 15) is 9.59 Å². The lowest BCUT2D eigenvalue weighted by atomic mass is 10.3. The van der Waals surface area contributed by atoms with Gasteiger partial charge in [-0.3, -0.25) is 4.79 Å². The first-order valence-electron chi connectivity index (χ1n) is 4.91. The van der Waals surface area contributed by atoms with Crippen LogP contribution in [-0.2, 0) is 4.79 Å². The van der Waals surface area contributed by atoms with Crippen LogP contribution in [0.15, 0.2) is 18.2 Å². The highest BCUT2D eigenvalue weighted by Gasteiger charge is 2.12. The van der Waals surface area contributed by atoms with E-state index in [-0.39, 0.29) is 19.1 Å². The second-order valence-corrected chi connectivity index (χ2v) is 4.44. The van der Waals surface area contributed by atoms with Gasteiger partial charge in [-0.05, 0) is 18.2 Å². The molecule has 1 aromatic heterocycles. The van der Waals surface area contributed by atoms with Crippen molar-refractivity contribution >= 4 is 29.3 Å². The van der Waals surface area contributed by atoms with Crippen molar-refractivity contribution in [2.75, 3.05) is 20.2 Å². The number of carbonyl (C=O) groups excluding carboxylic acids is 1. The highest BCUT2D eigenvalue weighted by atomic mass is 32.1. The van der Waals surface area contributed by atoms with Crippen LogP contribution >= 0.6 is 11.3 Å². The Hall–Kier alpha value is -1.66. The van der Waals surface area contributed by atoms with Gasteiger partial charge in [-0.15, -0.1) is 11.3 Å². The first kappa shape index (κ1) is 13.4. The molecule has 0 fully saturated rings. The number of carboxylic acid groups (broad SMARTS) is 1. The predicted molar refractivity (Wildman–Crippen MR) is 65.0 cm³/mol. The smallest absolute Gasteiger partial charge is 0.328 e. The fourth-order valence-electron chi connectivity index (χ4n) is 1.15. The SMILES string of the molecule is CN(CCO)C(=O)c1ccc(C=CC(=O)O)s1. The number of carbonyl (C=O) groups is 2. The summed E-state index contributed by atoms with van der Waals surface area (Å²) in [6, 6.07) is 3.33. The third-order valence-corrected chi connectivity index (χ3v) is 3.05. The largest absolute Gasteiger partial charge is 0.478 e. The number of amides is 1. The van der Waals surface area contributed by atoms with E-state index < -0.39 is 5.97 Å². The minimum atomic E-state index is -1.02. The summed E-state index contributed by atoms with van der Waals surface area (Å²) in [6.07, 6.45) is 2.47. The van der Waals surface area contributed by atoms with Crippen LogP contribution < -0.4 is 0 Å². The molecule has 17 heavy (non-hydrogen) atoms. The summed E-state index contributed by atoms with van der Waals surface area (Å²) in [5.74, 6) is -1.21. The van der Waals surface area contributed by atoms with E-state index >= 15 is 0 Å². The van der Waals surface area contributed by atoms with E-state index in [1.807, 2.05) is 0 Å². The molecule has 1 heterocycles. The fourth-order valence-corrected chi connectivity index (χ4v) is 2.06. The fraction of sp³-hybridized carbons (Fsp3) is 0.273. The van der Waals surface area contributed by atoms with Crippen molar-refractivity contribution in [2.24, 2.45) is 0 Å². The van der Waals surface area contributed by atoms with Crippen molar-refractivity contribution in [2.45, 2.75) is 0 Å². The number of rotatable bonds is 5. The molecule has 0 atom stereocenters. The molecule has 0 aromatic carbocycles. The molecule has 6 heteroatoms. The van der Waals surface area contributed by atoms with Gasteiger partial charge in [0.1, 0.15) is 0 Å². The zero-order chi connectivity index (χ0) is 12.8. The monoisotopic (exact) mass is 255 g/mol. The Labute approximate surface area is 103 Å². The van der Waals surface area contributed by atoms with Gasteiger partial charge in [-0.1, -0.05) is 0 Å². The summed E-state index contributed by atoms with van der Waals surface area (Å²) in [5, 5.41) is 17.2. The molecule has 92 valence electrons. The van der Waals surface area contributed by atoms with E-state index in [0.717, 1.165) is 6.08 Å². The molecule has 0 bridgehead atoms. The van der Waals surface area contributed by atoms with Crippen molar-refractivity contribution in [1.29, 1.82) is 0 Å². The van der Waals surface area contributed by atoms with Crippen LogP contribution in [0.25, 0.3) is 6.08 Å². The first-order chi connectivity index (χ1) is 8.04. The molecule has 0 aliphatic heterocycles. The van der Waals surface area contributed by atoms with Gasteiger partial charge in [-0.25, -0.2) is 4.79 Å². The van der Waals surface area contributed by atoms with Crippen molar-refractivity contribution in [3.63, 3.8) is 0 Å². The first-order valence-corrected chi connectivity index (χ1v) is 5.73. The number of hydrogen-bond acceptors (Lipinski definition) is 4. The van der Waals surface area contributed by atoms with Crippen LogP contribution in [0.5, 0.6) is 0 Å². The molecule has 0 aliphatic rings. The third kappa shape index (κ3) is 4.01. The third-order valence-electron chi connectivity index (χ3n) is 2.01. The number of aliphatic hydroxyl groups is 1. The summed E-state index contributed by atoms with van der Waals surface area (Å²) in [5.41, 5.74) is 0. The number of aliphatic hydroxyl groups excluding tert-OH is 1. The minimum Gasteiger partial charge on any atom is -0.478 e. The average Bonchev–Trinajstić information content (AvgIpc) is 2.74. The number of carboxylic acids is 1. The molecule has 0 saturated carbocycles. The standard InChI is InChI=1S/C11H13NO4S/c1-12(6-7-13)11(16)9-4-2-8(17-9)3-5-10(14)15/h2-5,13H,6-7H2,1H3,(H,14,15). The Kier molecular flexibility index (Phi) is 4.86. The van der Waals surface area contributed by atoms with Gasteiger partial charge in [0.05, 0.1) is 11.5 Å². The zero-order valence-electron chi connectivity index (χ0n) is 9.29. The number of nitrogens with zero attached hydrogens (tertiary/aromatic N) is 1. The van der Waals surface area contributed by atoms with Gasteiger partial charge in [0, 0.05) is 24.5 Å². The maximum Gasteiger partial charge on any atom is 0.328 e. The second-order valence-electron chi connectivity index (χ2n) is 3.32. The van der Waals surface area contributed by atoms with Crippen LogP contribution in [0.4, 0.5) is 0 Å². The number of likely N-dealkylation sites (N-methyl/N-ethyl adjacent to an activating group) is 1. The van der Waals surface area contributed by atoms with Crippen molar-refractivity contribution < 1.29 is 19.8 Å². The van der Waals surface area contributed by atoms with Crippen LogP contribution in [0, 0.1) is 0 Å². The summed E-state index contributed by atoms with van der Waals surface area (Å²) in [7, 11) is 1.60. The molecule has 1 aromatic rings. The van der Waals surface area contributed by atoms with E-state index in [4.69, 9.17) is 10.2 Å². The molecule has 0 aliphatic carbocycles. The number of thiophene rings is 1. The van der Waals surface area contributed by atoms with Crippen molar-refractivity contribution in [1.82, 2.24) is 4.90 Å². The molecule has 0 radical (unpaired) electrons. The predicted octanol–water partition coefficient (Wildman–Crippen LogP) is 0.910. The molecule has 0 saturated heterocycles. The van der Waals surface area contributed by atoms with E-state index in [0.29, 0.717) is 9.75 Å². The van der Waals surface area contributed by atoms with Crippen LogP contribution in [0.1, 0.15) is 14.5 Å². The Morgan fingerprint density at radius 2 is 2.18 bits per heavy atom. The van der Waals surface area contributed by atoms with Gasteiger partial charge in [0.15, 0.2) is 0 Å². The van der Waals surface area contributed by atoms with Crippen LogP contribution in [0.2, 0.25) is 0 Å². The van der Waals surface area contributed by atoms with E-state index in [1.54, 1.807) is 19.2 Å². The minimum absolute atomic E-state index is 0.0839. The molecule has 0 spiro atoms. The zero-order valence-corrected chi connectivity index (χ0v) is 10.1. The van der Waals surface area contributed by atoms with E-state index in [2.05, 4.69) is 0 Å². The summed E-state index contributed by atoms with van der Waals surface area (Å²) in [4.78, 5) is 24.7. The maximum atomic E-state index is 11.8. The average molecular weight is 255 g/mol. The second kappa shape index (κ2) is 6.17. The molecule has 0 unspecified atom stereocenters.